The van der Waals surface area contributed by atoms with E-state index in [0.717, 1.165) is 11.1 Å². The van der Waals surface area contributed by atoms with Crippen LogP contribution in [-0.4, -0.2) is 94.8 Å². The fraction of sp³-hybridized carbons (Fsp3) is 0.435. The molecule has 4 N–H and O–H groups in total. The first-order valence-electron chi connectivity index (χ1n) is 10.6. The average Bonchev–Trinajstić information content (AvgIpc) is 2.85. The number of rotatable bonds is 5. The first-order valence-corrected chi connectivity index (χ1v) is 11.0. The summed E-state index contributed by atoms with van der Waals surface area (Å²) < 4.78 is 16.3. The number of aliphatic hydroxyl groups excluding tert-OH is 4. The molecule has 178 valence electrons. The predicted octanol–water partition coefficient (Wildman–Crippen LogP) is 0.658. The highest BCUT2D eigenvalue weighted by Gasteiger charge is 2.44. The third kappa shape index (κ3) is 5.15. The molecule has 33 heavy (non-hydrogen) atoms. The van der Waals surface area contributed by atoms with E-state index in [1.165, 1.54) is 0 Å². The van der Waals surface area contributed by atoms with E-state index in [1.54, 1.807) is 35.2 Å². The lowest BCUT2D eigenvalue weighted by Gasteiger charge is -2.39. The fourth-order valence-electron chi connectivity index (χ4n) is 3.82. The molecule has 2 aromatic rings. The minimum atomic E-state index is -1.54. The molecule has 2 saturated heterocycles. The molecule has 2 aliphatic rings. The highest BCUT2D eigenvalue weighted by atomic mass is 35.5. The summed E-state index contributed by atoms with van der Waals surface area (Å²) in [6.45, 7) is 1.68. The summed E-state index contributed by atoms with van der Waals surface area (Å²) in [5, 5.41) is 39.5. The van der Waals surface area contributed by atoms with Crippen LogP contribution in [-0.2, 0) is 9.47 Å². The van der Waals surface area contributed by atoms with Crippen molar-refractivity contribution in [3.63, 3.8) is 0 Å². The number of nitrogens with zero attached hydrogens (tertiary/aromatic N) is 1. The monoisotopic (exact) mass is 479 g/mol. The number of hydrogen-bond acceptors (Lipinski definition) is 8. The molecule has 0 aliphatic carbocycles. The third-order valence-corrected chi connectivity index (χ3v) is 6.08. The van der Waals surface area contributed by atoms with Gasteiger partial charge in [0.25, 0.3) is 5.91 Å². The van der Waals surface area contributed by atoms with Gasteiger partial charge in [-0.3, -0.25) is 4.79 Å². The Morgan fingerprint density at radius 3 is 2.30 bits per heavy atom. The second kappa shape index (κ2) is 10.4. The van der Waals surface area contributed by atoms with Crippen molar-refractivity contribution in [2.24, 2.45) is 0 Å². The Labute approximate surface area is 195 Å². The van der Waals surface area contributed by atoms with Crippen molar-refractivity contribution < 1.29 is 39.4 Å². The number of halogens is 1. The number of aliphatic hydroxyl groups is 4. The topological polar surface area (TPSA) is 129 Å². The van der Waals surface area contributed by atoms with Gasteiger partial charge in [-0.05, 0) is 35.4 Å². The van der Waals surface area contributed by atoms with Crippen molar-refractivity contribution in [3.8, 4) is 16.9 Å². The van der Waals surface area contributed by atoms with Gasteiger partial charge < -0.3 is 39.5 Å². The van der Waals surface area contributed by atoms with Crippen LogP contribution in [0.2, 0.25) is 5.02 Å². The molecule has 0 bridgehead atoms. The van der Waals surface area contributed by atoms with Crippen molar-refractivity contribution in [1.82, 2.24) is 4.90 Å². The minimum Gasteiger partial charge on any atom is -0.460 e. The van der Waals surface area contributed by atoms with Crippen LogP contribution in [0.1, 0.15) is 10.4 Å². The summed E-state index contributed by atoms with van der Waals surface area (Å²) in [7, 11) is 0. The van der Waals surface area contributed by atoms with Crippen LogP contribution >= 0.6 is 11.6 Å². The Hall–Kier alpha value is -2.24. The molecular formula is C23H26ClNO8. The molecule has 9 nitrogen and oxygen atoms in total. The second-order valence-corrected chi connectivity index (χ2v) is 8.35. The van der Waals surface area contributed by atoms with E-state index in [0.29, 0.717) is 31.9 Å². The Morgan fingerprint density at radius 2 is 1.67 bits per heavy atom. The smallest absolute Gasteiger partial charge is 0.254 e. The van der Waals surface area contributed by atoms with E-state index in [-0.39, 0.29) is 16.7 Å². The lowest BCUT2D eigenvalue weighted by atomic mass is 9.99. The first kappa shape index (κ1) is 23.9. The molecule has 0 saturated carbocycles. The van der Waals surface area contributed by atoms with Gasteiger partial charge in [-0.15, -0.1) is 0 Å². The number of benzene rings is 2. The molecular weight excluding hydrogens is 454 g/mol. The van der Waals surface area contributed by atoms with E-state index in [1.807, 2.05) is 12.1 Å². The maximum absolute atomic E-state index is 12.6. The van der Waals surface area contributed by atoms with Crippen LogP contribution in [0, 0.1) is 0 Å². The Balaban J connectivity index is 1.45. The zero-order valence-corrected chi connectivity index (χ0v) is 18.5. The summed E-state index contributed by atoms with van der Waals surface area (Å²) in [6, 6.07) is 12.2. The van der Waals surface area contributed by atoms with Crippen LogP contribution < -0.4 is 4.74 Å². The second-order valence-electron chi connectivity index (χ2n) is 7.94. The lowest BCUT2D eigenvalue weighted by molar-refractivity contribution is -0.277. The molecule has 0 spiro atoms. The molecule has 2 aromatic carbocycles. The van der Waals surface area contributed by atoms with Crippen LogP contribution in [0.3, 0.4) is 0 Å². The summed E-state index contributed by atoms with van der Waals surface area (Å²) in [6.07, 6.45) is -6.95. The Bertz CT molecular complexity index is 963. The van der Waals surface area contributed by atoms with Crippen LogP contribution in [0.5, 0.6) is 5.75 Å². The zero-order chi connectivity index (χ0) is 23.5. The quantitative estimate of drug-likeness (QED) is 0.492. The van der Waals surface area contributed by atoms with Crippen molar-refractivity contribution in [2.45, 2.75) is 30.7 Å². The van der Waals surface area contributed by atoms with E-state index in [2.05, 4.69) is 0 Å². The normalized spacial score (nSPS) is 27.9. The van der Waals surface area contributed by atoms with Crippen molar-refractivity contribution in [2.75, 3.05) is 32.9 Å². The fourth-order valence-corrected chi connectivity index (χ4v) is 4.05. The van der Waals surface area contributed by atoms with Gasteiger partial charge >= 0.3 is 0 Å². The minimum absolute atomic E-state index is 0.0360. The number of ether oxygens (including phenoxy) is 3. The zero-order valence-electron chi connectivity index (χ0n) is 17.7. The summed E-state index contributed by atoms with van der Waals surface area (Å²) in [4.78, 5) is 14.4. The Kier molecular flexibility index (Phi) is 7.50. The Morgan fingerprint density at radius 1 is 1.00 bits per heavy atom. The molecule has 2 heterocycles. The largest absolute Gasteiger partial charge is 0.460 e. The third-order valence-electron chi connectivity index (χ3n) is 5.79. The number of amides is 1. The predicted molar refractivity (Wildman–Crippen MR) is 118 cm³/mol. The number of morpholine rings is 1. The summed E-state index contributed by atoms with van der Waals surface area (Å²) >= 11 is 6.37. The van der Waals surface area contributed by atoms with Crippen LogP contribution in [0.4, 0.5) is 0 Å². The van der Waals surface area contributed by atoms with E-state index >= 15 is 0 Å². The van der Waals surface area contributed by atoms with Crippen molar-refractivity contribution >= 4 is 17.5 Å². The molecule has 2 aliphatic heterocycles. The van der Waals surface area contributed by atoms with Crippen molar-refractivity contribution in [3.05, 3.63) is 53.1 Å². The highest BCUT2D eigenvalue weighted by molar-refractivity contribution is 6.32. The molecule has 0 radical (unpaired) electrons. The van der Waals surface area contributed by atoms with Gasteiger partial charge in [-0.1, -0.05) is 29.8 Å². The van der Waals surface area contributed by atoms with Crippen molar-refractivity contribution in [1.29, 1.82) is 0 Å². The van der Waals surface area contributed by atoms with Gasteiger partial charge in [-0.2, -0.15) is 0 Å². The maximum atomic E-state index is 12.6. The molecule has 10 heteroatoms. The molecule has 2 fully saturated rings. The molecule has 4 rings (SSSR count). The number of carbonyl (C=O) groups excluding carboxylic acids is 1. The molecule has 5 atom stereocenters. The van der Waals surface area contributed by atoms with Gasteiger partial charge in [0.1, 0.15) is 30.2 Å². The summed E-state index contributed by atoms with van der Waals surface area (Å²) in [5.41, 5.74) is 2.22. The summed E-state index contributed by atoms with van der Waals surface area (Å²) in [5.74, 6) is 0.162. The van der Waals surface area contributed by atoms with Gasteiger partial charge in [-0.25, -0.2) is 0 Å². The van der Waals surface area contributed by atoms with E-state index in [4.69, 9.17) is 25.8 Å². The van der Waals surface area contributed by atoms with Gasteiger partial charge in [0.05, 0.1) is 24.8 Å². The van der Waals surface area contributed by atoms with Crippen LogP contribution in [0.25, 0.3) is 11.1 Å². The lowest BCUT2D eigenvalue weighted by Crippen LogP contribution is -2.60. The van der Waals surface area contributed by atoms with Gasteiger partial charge in [0, 0.05) is 18.7 Å². The number of carbonyl (C=O) groups is 1. The average molecular weight is 480 g/mol. The molecule has 1 amide bonds. The van der Waals surface area contributed by atoms with E-state index in [9.17, 15) is 25.2 Å². The maximum Gasteiger partial charge on any atom is 0.254 e. The SMILES string of the molecule is O=C(c1ccc(-c2ccc(O[C@H]3OC(CO)[C@@H](O)C(O)C3O)c(Cl)c2)cc1)N1CCOCC1. The standard InChI is InChI=1S/C23H26ClNO8/c24-16-11-15(13-1-3-14(4-2-13)22(30)25-7-9-31-10-8-25)5-6-17(16)32-23-21(29)20(28)19(27)18(12-26)33-23/h1-6,11,18-21,23,26-29H,7-10,12H2/t18?,19-,20?,21?,23+/m1/s1. The van der Waals surface area contributed by atoms with Gasteiger partial charge in [0.15, 0.2) is 0 Å². The highest BCUT2D eigenvalue weighted by Crippen LogP contribution is 2.33. The number of hydrogen-bond donors (Lipinski definition) is 4. The molecule has 3 unspecified atom stereocenters. The molecule has 0 aromatic heterocycles. The van der Waals surface area contributed by atoms with Crippen LogP contribution in [0.15, 0.2) is 42.5 Å². The van der Waals surface area contributed by atoms with Gasteiger partial charge in [0.2, 0.25) is 6.29 Å². The first-order chi connectivity index (χ1) is 15.9. The van der Waals surface area contributed by atoms with E-state index < -0.39 is 37.3 Å².